The molecule has 4 heterocycles. The van der Waals surface area contributed by atoms with Gasteiger partial charge in [-0.25, -0.2) is 22.5 Å². The van der Waals surface area contributed by atoms with Crippen LogP contribution in [0.5, 0.6) is 5.75 Å². The van der Waals surface area contributed by atoms with Gasteiger partial charge in [-0.1, -0.05) is 61.7 Å². The summed E-state index contributed by atoms with van der Waals surface area (Å²) in [5, 5.41) is 17.1. The van der Waals surface area contributed by atoms with Gasteiger partial charge < -0.3 is 67.0 Å². The number of hydrogen-bond acceptors (Lipinski definition) is 21. The minimum Gasteiger partial charge on any atom is -0.420 e. The van der Waals surface area contributed by atoms with Gasteiger partial charge in [0.1, 0.15) is 17.3 Å². The van der Waals surface area contributed by atoms with Gasteiger partial charge >= 0.3 is 5.97 Å². The molecule has 23 nitrogen and oxygen atoms in total. The molecule has 1 saturated heterocycles. The van der Waals surface area contributed by atoms with E-state index in [9.17, 15) is 22.2 Å². The van der Waals surface area contributed by atoms with Gasteiger partial charge in [0.2, 0.25) is 11.0 Å². The van der Waals surface area contributed by atoms with Gasteiger partial charge in [-0.2, -0.15) is 15.1 Å². The van der Waals surface area contributed by atoms with Crippen LogP contribution >= 0.6 is 28.1 Å². The minimum absolute atomic E-state index is 0.0508. The standard InChI is InChI=1S/C47H62ClF3N8O12S.C3H10O3P2.C3H6/c1-2-37-8-9-42(70-37)59-46-38(30-52-59)45(54-47(48)55-46)53-41(34-6-4-3-5-7-34)33-72(61)27-26-68-23-22-66-20-21-67-24-25-69-32-36-31-58(57-56-36)11-13-63-15-17-65-19-18-64-16-14-62-12-10-43(60)71-44-39(50)28-35(49)29-40(44)51;1-6-7(2)3-8(4)5;1-2-3-1/h3-7,28-31,37,41-42H,2,8-27,32-33H2,1H3,(H,53,54,55);4-5H,3H2,1-2H3;1-3H2. The largest absolute Gasteiger partial charge is 0.420 e. The molecular weight excluding hydrogens is 1180 g/mol. The summed E-state index contributed by atoms with van der Waals surface area (Å²) in [6.45, 7) is 9.56. The van der Waals surface area contributed by atoms with Crippen molar-refractivity contribution >= 4 is 61.7 Å². The van der Waals surface area contributed by atoms with Crippen LogP contribution in [0.4, 0.5) is 19.0 Å². The molecule has 5 aromatic rings. The van der Waals surface area contributed by atoms with E-state index in [2.05, 4.69) is 42.4 Å². The van der Waals surface area contributed by atoms with Crippen molar-refractivity contribution in [2.75, 3.05) is 136 Å². The summed E-state index contributed by atoms with van der Waals surface area (Å²) in [6.07, 6.45) is 10.4. The number of nitrogens with one attached hydrogen (secondary N) is 1. The highest BCUT2D eigenvalue weighted by Gasteiger charge is 2.29. The lowest BCUT2D eigenvalue weighted by molar-refractivity contribution is -0.136. The zero-order valence-electron chi connectivity index (χ0n) is 47.2. The Kier molecular flexibility index (Phi) is 34.6. The second kappa shape index (κ2) is 41.2. The van der Waals surface area contributed by atoms with E-state index in [1.165, 1.54) is 19.3 Å². The van der Waals surface area contributed by atoms with Gasteiger partial charge in [-0.15, -0.1) is 5.10 Å². The van der Waals surface area contributed by atoms with E-state index in [4.69, 9.17) is 68.5 Å². The van der Waals surface area contributed by atoms with E-state index in [0.717, 1.165) is 24.8 Å². The zero-order chi connectivity index (χ0) is 59.4. The molecule has 2 aromatic carbocycles. The molecule has 0 spiro atoms. The monoisotopic (exact) mass is 1250 g/mol. The molecule has 1 aliphatic heterocycles. The number of aromatic nitrogens is 7. The number of fused-ring (bicyclic) bond motifs is 1. The Morgan fingerprint density at radius 3 is 1.99 bits per heavy atom. The highest BCUT2D eigenvalue weighted by molar-refractivity contribution is 7.85. The SMILES string of the molecule is C1CC1.CCC1CCC(n2ncc3c(NC(CS(=O)CCOCCOCCOCCOCc4cn(CCOCCOCCOCCOCCC(=O)Oc5c(F)cc(F)cc5F)nn4)c4ccccc4)nc(Cl)nc32)O1.COP(C)CP(O)O. The maximum Gasteiger partial charge on any atom is 0.313 e. The highest BCUT2D eigenvalue weighted by atomic mass is 35.5. The third-order valence-electron chi connectivity index (χ3n) is 11.7. The van der Waals surface area contributed by atoms with Crippen LogP contribution in [0.25, 0.3) is 11.0 Å². The Bertz CT molecular complexity index is 2590. The normalized spacial score (nSPS) is 15.8. The lowest BCUT2D eigenvalue weighted by Gasteiger charge is -2.20. The van der Waals surface area contributed by atoms with Crippen LogP contribution in [0.2, 0.25) is 5.28 Å². The van der Waals surface area contributed by atoms with Gasteiger partial charge in [0.25, 0.3) is 0 Å². The van der Waals surface area contributed by atoms with Crippen LogP contribution < -0.4 is 10.1 Å². The molecule has 1 saturated carbocycles. The fraction of sp³-hybridized carbons (Fsp3) is 0.623. The molecule has 5 atom stereocenters. The molecule has 5 unspecified atom stereocenters. The van der Waals surface area contributed by atoms with Crippen LogP contribution in [-0.2, 0) is 75.9 Å². The molecule has 1 aliphatic carbocycles. The van der Waals surface area contributed by atoms with E-state index in [-0.39, 0.29) is 56.5 Å². The first kappa shape index (κ1) is 69.8. The summed E-state index contributed by atoms with van der Waals surface area (Å²) in [5.41, 5.74) is 2.22. The van der Waals surface area contributed by atoms with Crippen molar-refractivity contribution < 1.29 is 83.9 Å². The Morgan fingerprint density at radius 2 is 1.42 bits per heavy atom. The van der Waals surface area contributed by atoms with Gasteiger partial charge in [-0.3, -0.25) is 9.00 Å². The first-order valence-electron chi connectivity index (χ1n) is 27.3. The van der Waals surface area contributed by atoms with Crippen LogP contribution in [-0.4, -0.2) is 191 Å². The predicted octanol–water partition coefficient (Wildman–Crippen LogP) is 7.89. The quantitative estimate of drug-likeness (QED) is 0.0111. The maximum atomic E-state index is 13.6. The van der Waals surface area contributed by atoms with Crippen molar-refractivity contribution in [1.82, 2.24) is 34.7 Å². The summed E-state index contributed by atoms with van der Waals surface area (Å²) >= 11 is 6.42. The van der Waals surface area contributed by atoms with Crippen molar-refractivity contribution in [3.63, 3.8) is 0 Å². The lowest BCUT2D eigenvalue weighted by Crippen LogP contribution is -2.22. The van der Waals surface area contributed by atoms with Gasteiger partial charge in [-0.05, 0) is 43.1 Å². The molecule has 30 heteroatoms. The average Bonchev–Trinajstić information content (AvgIpc) is 4.24. The molecule has 0 amide bonds. The molecule has 0 radical (unpaired) electrons. The number of benzene rings is 2. The van der Waals surface area contributed by atoms with E-state index in [1.807, 2.05) is 37.0 Å². The number of carbonyl (C=O) groups excluding carboxylic acids is 1. The van der Waals surface area contributed by atoms with Gasteiger partial charge in [0.15, 0.2) is 31.9 Å². The number of carbonyl (C=O) groups is 1. The third-order valence-corrected chi connectivity index (χ3v) is 16.4. The number of nitrogens with zero attached hydrogens (tertiary/aromatic N) is 7. The molecule has 464 valence electrons. The van der Waals surface area contributed by atoms with Crippen LogP contribution in [0.3, 0.4) is 0 Å². The smallest absolute Gasteiger partial charge is 0.313 e. The molecule has 0 bridgehead atoms. The fourth-order valence-electron chi connectivity index (χ4n) is 7.33. The molecular formula is C53H78ClF3N8O15P2S. The minimum atomic E-state index is -1.74. The Morgan fingerprint density at radius 1 is 0.831 bits per heavy atom. The molecule has 2 fully saturated rings. The van der Waals surface area contributed by atoms with Gasteiger partial charge in [0, 0.05) is 49.7 Å². The van der Waals surface area contributed by atoms with Crippen LogP contribution in [0.15, 0.2) is 54.9 Å². The summed E-state index contributed by atoms with van der Waals surface area (Å²) < 4.78 is 117. The third kappa shape index (κ3) is 28.8. The lowest BCUT2D eigenvalue weighted by atomic mass is 10.1. The number of anilines is 1. The van der Waals surface area contributed by atoms with Crippen molar-refractivity contribution in [2.24, 2.45) is 0 Å². The highest BCUT2D eigenvalue weighted by Crippen LogP contribution is 2.43. The summed E-state index contributed by atoms with van der Waals surface area (Å²) in [6, 6.07) is 10.3. The van der Waals surface area contributed by atoms with Crippen molar-refractivity contribution in [3.8, 4) is 5.75 Å². The first-order valence-corrected chi connectivity index (χ1v) is 32.5. The van der Waals surface area contributed by atoms with Crippen LogP contribution in [0.1, 0.15) is 75.4 Å². The maximum absolute atomic E-state index is 13.6. The summed E-state index contributed by atoms with van der Waals surface area (Å²) in [7, 11) is -1.98. The molecule has 83 heavy (non-hydrogen) atoms. The number of halogens is 4. The van der Waals surface area contributed by atoms with E-state index in [0.29, 0.717) is 138 Å². The van der Waals surface area contributed by atoms with Gasteiger partial charge in [0.05, 0.1) is 155 Å². The van der Waals surface area contributed by atoms with E-state index < -0.39 is 56.5 Å². The summed E-state index contributed by atoms with van der Waals surface area (Å²) in [5.74, 6) is -4.02. The van der Waals surface area contributed by atoms with Crippen LogP contribution in [0, 0.1) is 17.5 Å². The molecule has 2 aliphatic rings. The van der Waals surface area contributed by atoms with E-state index in [1.54, 1.807) is 28.9 Å². The Balaban J connectivity index is 0.00000103. The Hall–Kier alpha value is -3.99. The summed E-state index contributed by atoms with van der Waals surface area (Å²) in [4.78, 5) is 37.5. The van der Waals surface area contributed by atoms with Crippen molar-refractivity contribution in [1.29, 1.82) is 0 Å². The first-order chi connectivity index (χ1) is 40.3. The predicted molar refractivity (Wildman–Crippen MR) is 306 cm³/mol. The second-order valence-electron chi connectivity index (χ2n) is 18.4. The fourth-order valence-corrected chi connectivity index (χ4v) is 10.5. The number of ether oxygens (including phenoxy) is 10. The number of rotatable bonds is 40. The topological polar surface area (TPSA) is 262 Å². The average molecular weight is 1250 g/mol. The second-order valence-corrected chi connectivity index (χ2v) is 23.9. The molecule has 7 rings (SSSR count). The molecule has 3 aromatic heterocycles. The number of esters is 1. The van der Waals surface area contributed by atoms with E-state index >= 15 is 0 Å². The zero-order valence-corrected chi connectivity index (χ0v) is 50.5. The number of hydrogen-bond donors (Lipinski definition) is 3. The van der Waals surface area contributed by atoms with Crippen molar-refractivity contribution in [2.45, 2.75) is 83.4 Å². The van der Waals surface area contributed by atoms with Crippen molar-refractivity contribution in [3.05, 3.63) is 88.9 Å². The molecule has 3 N–H and O–H groups in total. The Labute approximate surface area is 492 Å².